The number of aromatic hydroxyl groups is 2. The Labute approximate surface area is 127 Å². The summed E-state index contributed by atoms with van der Waals surface area (Å²) in [6.45, 7) is 8.43. The van der Waals surface area contributed by atoms with Crippen LogP contribution in [0.2, 0.25) is 0 Å². The van der Waals surface area contributed by atoms with Gasteiger partial charge in [0.2, 0.25) is 0 Å². The van der Waals surface area contributed by atoms with E-state index < -0.39 is 0 Å². The van der Waals surface area contributed by atoms with Crippen LogP contribution in [0.25, 0.3) is 0 Å². The van der Waals surface area contributed by atoms with Crippen molar-refractivity contribution in [3.63, 3.8) is 0 Å². The number of phenolic OH excluding ortho intramolecular Hbond substituents is 2. The molecule has 0 saturated carbocycles. The van der Waals surface area contributed by atoms with E-state index in [1.165, 1.54) is 11.1 Å². The second-order valence-electron chi connectivity index (χ2n) is 6.02. The smallest absolute Gasteiger partial charge is 0.118 e. The van der Waals surface area contributed by atoms with Crippen molar-refractivity contribution in [1.29, 1.82) is 0 Å². The first kappa shape index (κ1) is 15.4. The van der Waals surface area contributed by atoms with Gasteiger partial charge in [-0.2, -0.15) is 0 Å². The summed E-state index contributed by atoms with van der Waals surface area (Å²) in [7, 11) is 0. The molecule has 0 aliphatic rings. The Bertz CT molecular complexity index is 587. The molecule has 21 heavy (non-hydrogen) atoms. The third-order valence-corrected chi connectivity index (χ3v) is 4.36. The van der Waals surface area contributed by atoms with Gasteiger partial charge < -0.3 is 10.2 Å². The van der Waals surface area contributed by atoms with E-state index in [-0.39, 0.29) is 5.41 Å². The van der Waals surface area contributed by atoms with E-state index in [1.807, 2.05) is 26.0 Å². The standard InChI is InChI=1S/C19H24O2/c1-5-13-11-15(7-9-17(13)20)19(3,4)16-8-10-18(21)14(6-2)12-16/h7-12,20-21H,5-6H2,1-4H3. The van der Waals surface area contributed by atoms with Crippen molar-refractivity contribution in [2.24, 2.45) is 0 Å². The van der Waals surface area contributed by atoms with Crippen molar-refractivity contribution in [2.45, 2.75) is 46.0 Å². The molecule has 0 amide bonds. The molecule has 0 saturated heterocycles. The Hall–Kier alpha value is -1.96. The average molecular weight is 284 g/mol. The van der Waals surface area contributed by atoms with Crippen LogP contribution in [0.15, 0.2) is 36.4 Å². The summed E-state index contributed by atoms with van der Waals surface area (Å²) in [5.41, 5.74) is 4.11. The van der Waals surface area contributed by atoms with Crippen LogP contribution < -0.4 is 0 Å². The van der Waals surface area contributed by atoms with Gasteiger partial charge in [0, 0.05) is 5.41 Å². The zero-order valence-corrected chi connectivity index (χ0v) is 13.3. The van der Waals surface area contributed by atoms with Crippen molar-refractivity contribution >= 4 is 0 Å². The highest BCUT2D eigenvalue weighted by Crippen LogP contribution is 2.35. The molecule has 0 aliphatic carbocycles. The van der Waals surface area contributed by atoms with E-state index in [1.54, 1.807) is 12.1 Å². The van der Waals surface area contributed by atoms with Crippen LogP contribution in [0.5, 0.6) is 11.5 Å². The predicted molar refractivity (Wildman–Crippen MR) is 87.1 cm³/mol. The summed E-state index contributed by atoms with van der Waals surface area (Å²) in [6, 6.07) is 11.7. The lowest BCUT2D eigenvalue weighted by atomic mass is 9.77. The number of benzene rings is 2. The van der Waals surface area contributed by atoms with E-state index in [4.69, 9.17) is 0 Å². The summed E-state index contributed by atoms with van der Waals surface area (Å²) in [5.74, 6) is 0.717. The minimum Gasteiger partial charge on any atom is -0.508 e. The Morgan fingerprint density at radius 2 is 1.14 bits per heavy atom. The third kappa shape index (κ3) is 2.90. The molecule has 2 nitrogen and oxygen atoms in total. The molecule has 0 unspecified atom stereocenters. The first-order chi connectivity index (χ1) is 9.90. The summed E-state index contributed by atoms with van der Waals surface area (Å²) in [5, 5.41) is 19.7. The number of rotatable bonds is 4. The maximum atomic E-state index is 9.86. The number of hydrogen-bond donors (Lipinski definition) is 2. The zero-order chi connectivity index (χ0) is 15.6. The van der Waals surface area contributed by atoms with Gasteiger partial charge in [0.25, 0.3) is 0 Å². The molecule has 2 aromatic rings. The maximum absolute atomic E-state index is 9.86. The van der Waals surface area contributed by atoms with Gasteiger partial charge in [0.05, 0.1) is 0 Å². The highest BCUT2D eigenvalue weighted by Gasteiger charge is 2.24. The van der Waals surface area contributed by atoms with Crippen molar-refractivity contribution in [1.82, 2.24) is 0 Å². The molecule has 0 spiro atoms. The lowest BCUT2D eigenvalue weighted by Gasteiger charge is -2.27. The maximum Gasteiger partial charge on any atom is 0.118 e. The normalized spacial score (nSPS) is 11.6. The van der Waals surface area contributed by atoms with Crippen LogP contribution in [0, 0.1) is 0 Å². The molecule has 0 heterocycles. The quantitative estimate of drug-likeness (QED) is 0.864. The van der Waals surface area contributed by atoms with Gasteiger partial charge in [-0.15, -0.1) is 0 Å². The largest absolute Gasteiger partial charge is 0.508 e. The Balaban J connectivity index is 2.50. The minimum absolute atomic E-state index is 0.171. The fraction of sp³-hybridized carbons (Fsp3) is 0.368. The fourth-order valence-electron chi connectivity index (χ4n) is 2.68. The molecule has 0 fully saturated rings. The van der Waals surface area contributed by atoms with Crippen LogP contribution in [0.1, 0.15) is 49.9 Å². The van der Waals surface area contributed by atoms with Crippen LogP contribution in [0.3, 0.4) is 0 Å². The molecule has 0 radical (unpaired) electrons. The summed E-state index contributed by atoms with van der Waals surface area (Å²) < 4.78 is 0. The molecule has 0 atom stereocenters. The van der Waals surface area contributed by atoms with E-state index in [2.05, 4.69) is 26.0 Å². The lowest BCUT2D eigenvalue weighted by Crippen LogP contribution is -2.19. The second kappa shape index (κ2) is 5.80. The van der Waals surface area contributed by atoms with Crippen LogP contribution in [-0.4, -0.2) is 10.2 Å². The molecule has 2 heteroatoms. The minimum atomic E-state index is -0.171. The predicted octanol–water partition coefficient (Wildman–Crippen LogP) is 4.55. The van der Waals surface area contributed by atoms with Gasteiger partial charge in [0.15, 0.2) is 0 Å². The van der Waals surface area contributed by atoms with Crippen molar-refractivity contribution in [3.05, 3.63) is 58.7 Å². The number of hydrogen-bond acceptors (Lipinski definition) is 2. The van der Waals surface area contributed by atoms with Crippen molar-refractivity contribution in [3.8, 4) is 11.5 Å². The van der Waals surface area contributed by atoms with Gasteiger partial charge in [0.1, 0.15) is 11.5 Å². The SMILES string of the molecule is CCc1cc(C(C)(C)c2ccc(O)c(CC)c2)ccc1O. The topological polar surface area (TPSA) is 40.5 Å². The molecule has 0 aromatic heterocycles. The van der Waals surface area contributed by atoms with Gasteiger partial charge in [-0.3, -0.25) is 0 Å². The molecule has 112 valence electrons. The molecule has 2 N–H and O–H groups in total. The van der Waals surface area contributed by atoms with E-state index in [0.717, 1.165) is 24.0 Å². The highest BCUT2D eigenvalue weighted by atomic mass is 16.3. The first-order valence-corrected chi connectivity index (χ1v) is 7.54. The third-order valence-electron chi connectivity index (χ3n) is 4.36. The lowest BCUT2D eigenvalue weighted by molar-refractivity contribution is 0.467. The molecule has 0 aliphatic heterocycles. The average Bonchev–Trinajstić information content (AvgIpc) is 2.47. The van der Waals surface area contributed by atoms with Crippen molar-refractivity contribution in [2.75, 3.05) is 0 Å². The summed E-state index contributed by atoms with van der Waals surface area (Å²) >= 11 is 0. The molecular formula is C19H24O2. The summed E-state index contributed by atoms with van der Waals surface area (Å²) in [6.07, 6.45) is 1.62. The first-order valence-electron chi connectivity index (χ1n) is 7.54. The molecule has 2 aromatic carbocycles. The van der Waals surface area contributed by atoms with Gasteiger partial charge in [-0.1, -0.05) is 52.0 Å². The van der Waals surface area contributed by atoms with E-state index >= 15 is 0 Å². The number of phenols is 2. The Morgan fingerprint density at radius 1 is 0.762 bits per heavy atom. The molecular weight excluding hydrogens is 260 g/mol. The van der Waals surface area contributed by atoms with Crippen molar-refractivity contribution < 1.29 is 10.2 Å². The second-order valence-corrected chi connectivity index (χ2v) is 6.02. The molecule has 0 bridgehead atoms. The molecule has 2 rings (SSSR count). The van der Waals surface area contributed by atoms with Crippen LogP contribution >= 0.6 is 0 Å². The van der Waals surface area contributed by atoms with E-state index in [9.17, 15) is 10.2 Å². The Kier molecular flexibility index (Phi) is 4.26. The van der Waals surface area contributed by atoms with Crippen LogP contribution in [-0.2, 0) is 18.3 Å². The van der Waals surface area contributed by atoms with Gasteiger partial charge in [-0.05, 0) is 47.2 Å². The van der Waals surface area contributed by atoms with E-state index in [0.29, 0.717) is 11.5 Å². The van der Waals surface area contributed by atoms with Gasteiger partial charge in [-0.25, -0.2) is 0 Å². The fourth-order valence-corrected chi connectivity index (χ4v) is 2.68. The highest BCUT2D eigenvalue weighted by molar-refractivity contribution is 5.47. The zero-order valence-electron chi connectivity index (χ0n) is 13.3. The summed E-state index contributed by atoms with van der Waals surface area (Å²) in [4.78, 5) is 0. The number of aryl methyl sites for hydroxylation is 2. The monoisotopic (exact) mass is 284 g/mol. The Morgan fingerprint density at radius 3 is 1.48 bits per heavy atom. The van der Waals surface area contributed by atoms with Crippen LogP contribution in [0.4, 0.5) is 0 Å². The van der Waals surface area contributed by atoms with Gasteiger partial charge >= 0.3 is 0 Å².